The summed E-state index contributed by atoms with van der Waals surface area (Å²) in [4.78, 5) is 19.0. The van der Waals surface area contributed by atoms with Crippen LogP contribution in [0.25, 0.3) is 0 Å². The molecule has 24 heavy (non-hydrogen) atoms. The Kier molecular flexibility index (Phi) is 5.72. The highest BCUT2D eigenvalue weighted by molar-refractivity contribution is 6.42. The fourth-order valence-corrected chi connectivity index (χ4v) is 3.16. The number of piperidine rings is 1. The minimum Gasteiger partial charge on any atom is -0.349 e. The molecule has 4 nitrogen and oxygen atoms in total. The molecule has 1 fully saturated rings. The van der Waals surface area contributed by atoms with Gasteiger partial charge in [0.15, 0.2) is 0 Å². The quantitative estimate of drug-likeness (QED) is 0.898. The Morgan fingerprint density at radius 2 is 1.96 bits per heavy atom. The molecule has 1 aliphatic heterocycles. The molecular weight excluding hydrogens is 345 g/mol. The number of carbonyl (C=O) groups excluding carboxylic acids is 1. The SMILES string of the molecule is O=C(NC1CCN(Cc2ccccn2)CC1)c1ccc(Cl)c(Cl)c1. The van der Waals surface area contributed by atoms with Gasteiger partial charge in [0.25, 0.3) is 5.91 Å². The number of benzene rings is 1. The molecule has 1 amide bonds. The molecule has 0 spiro atoms. The van der Waals surface area contributed by atoms with E-state index in [1.54, 1.807) is 18.2 Å². The topological polar surface area (TPSA) is 45.2 Å². The van der Waals surface area contributed by atoms with Crippen LogP contribution < -0.4 is 5.32 Å². The minimum absolute atomic E-state index is 0.100. The number of hydrogen-bond acceptors (Lipinski definition) is 3. The highest BCUT2D eigenvalue weighted by atomic mass is 35.5. The average Bonchev–Trinajstić information content (AvgIpc) is 2.60. The molecule has 126 valence electrons. The third-order valence-electron chi connectivity index (χ3n) is 4.22. The van der Waals surface area contributed by atoms with Crippen molar-refractivity contribution in [3.05, 3.63) is 63.9 Å². The first-order valence-corrected chi connectivity index (χ1v) is 8.75. The van der Waals surface area contributed by atoms with Gasteiger partial charge in [-0.05, 0) is 43.2 Å². The van der Waals surface area contributed by atoms with Crippen molar-refractivity contribution in [2.24, 2.45) is 0 Å². The number of rotatable bonds is 4. The Balaban J connectivity index is 1.50. The molecule has 1 saturated heterocycles. The zero-order valence-electron chi connectivity index (χ0n) is 13.2. The van der Waals surface area contributed by atoms with Gasteiger partial charge in [-0.2, -0.15) is 0 Å². The number of nitrogens with one attached hydrogen (secondary N) is 1. The van der Waals surface area contributed by atoms with Crippen molar-refractivity contribution in [2.75, 3.05) is 13.1 Å². The highest BCUT2D eigenvalue weighted by Crippen LogP contribution is 2.23. The Hall–Kier alpha value is -1.62. The van der Waals surface area contributed by atoms with E-state index in [0.717, 1.165) is 38.2 Å². The lowest BCUT2D eigenvalue weighted by Gasteiger charge is -2.32. The van der Waals surface area contributed by atoms with Gasteiger partial charge >= 0.3 is 0 Å². The first-order chi connectivity index (χ1) is 11.6. The molecule has 0 aliphatic carbocycles. The van der Waals surface area contributed by atoms with Crippen LogP contribution in [0.3, 0.4) is 0 Å². The third kappa shape index (κ3) is 4.47. The maximum absolute atomic E-state index is 12.3. The van der Waals surface area contributed by atoms with Gasteiger partial charge in [-0.25, -0.2) is 0 Å². The summed E-state index contributed by atoms with van der Waals surface area (Å²) in [6.07, 6.45) is 3.68. The Labute approximate surface area is 151 Å². The van der Waals surface area contributed by atoms with Crippen LogP contribution in [0.15, 0.2) is 42.6 Å². The molecule has 0 bridgehead atoms. The van der Waals surface area contributed by atoms with Crippen LogP contribution in [0.4, 0.5) is 0 Å². The minimum atomic E-state index is -0.100. The van der Waals surface area contributed by atoms with Crippen LogP contribution in [-0.2, 0) is 6.54 Å². The summed E-state index contributed by atoms with van der Waals surface area (Å²) in [5.74, 6) is -0.100. The predicted molar refractivity (Wildman–Crippen MR) is 96.5 cm³/mol. The van der Waals surface area contributed by atoms with Crippen molar-refractivity contribution in [2.45, 2.75) is 25.4 Å². The lowest BCUT2D eigenvalue weighted by molar-refractivity contribution is 0.0908. The second kappa shape index (κ2) is 7.97. The average molecular weight is 364 g/mol. The van der Waals surface area contributed by atoms with Crippen molar-refractivity contribution in [3.8, 4) is 0 Å². The fraction of sp³-hybridized carbons (Fsp3) is 0.333. The van der Waals surface area contributed by atoms with Crippen molar-refractivity contribution >= 4 is 29.1 Å². The highest BCUT2D eigenvalue weighted by Gasteiger charge is 2.21. The van der Waals surface area contributed by atoms with E-state index in [9.17, 15) is 4.79 Å². The molecule has 1 N–H and O–H groups in total. The maximum Gasteiger partial charge on any atom is 0.251 e. The summed E-state index contributed by atoms with van der Waals surface area (Å²) in [5, 5.41) is 3.94. The second-order valence-electron chi connectivity index (χ2n) is 5.97. The first-order valence-electron chi connectivity index (χ1n) is 8.00. The molecule has 1 aromatic heterocycles. The third-order valence-corrected chi connectivity index (χ3v) is 4.96. The zero-order chi connectivity index (χ0) is 16.9. The Bertz CT molecular complexity index is 701. The second-order valence-corrected chi connectivity index (χ2v) is 6.79. The van der Waals surface area contributed by atoms with Crippen LogP contribution >= 0.6 is 23.2 Å². The normalized spacial score (nSPS) is 16.1. The largest absolute Gasteiger partial charge is 0.349 e. The van der Waals surface area contributed by atoms with Crippen LogP contribution in [0.2, 0.25) is 10.0 Å². The van der Waals surface area contributed by atoms with Gasteiger partial charge in [-0.15, -0.1) is 0 Å². The number of nitrogens with zero attached hydrogens (tertiary/aromatic N) is 2. The number of halogens is 2. The molecule has 0 atom stereocenters. The van der Waals surface area contributed by atoms with Crippen LogP contribution in [0, 0.1) is 0 Å². The molecule has 1 aliphatic rings. The van der Waals surface area contributed by atoms with Gasteiger partial charge in [0.2, 0.25) is 0 Å². The Morgan fingerprint density at radius 1 is 1.17 bits per heavy atom. The zero-order valence-corrected chi connectivity index (χ0v) is 14.7. The summed E-state index contributed by atoms with van der Waals surface area (Å²) < 4.78 is 0. The van der Waals surface area contributed by atoms with Crippen LogP contribution in [0.1, 0.15) is 28.9 Å². The maximum atomic E-state index is 12.3. The van der Waals surface area contributed by atoms with Crippen LogP contribution in [0.5, 0.6) is 0 Å². The molecule has 2 heterocycles. The summed E-state index contributed by atoms with van der Waals surface area (Å²) in [5.41, 5.74) is 1.62. The summed E-state index contributed by atoms with van der Waals surface area (Å²) >= 11 is 11.9. The van der Waals surface area contributed by atoms with E-state index in [1.807, 2.05) is 24.4 Å². The summed E-state index contributed by atoms with van der Waals surface area (Å²) in [7, 11) is 0. The van der Waals surface area contributed by atoms with E-state index in [2.05, 4.69) is 15.2 Å². The van der Waals surface area contributed by atoms with Crippen LogP contribution in [-0.4, -0.2) is 34.9 Å². The summed E-state index contributed by atoms with van der Waals surface area (Å²) in [6, 6.07) is 11.1. The molecule has 3 rings (SSSR count). The van der Waals surface area contributed by atoms with Gasteiger partial charge < -0.3 is 5.32 Å². The Morgan fingerprint density at radius 3 is 2.62 bits per heavy atom. The van der Waals surface area contributed by atoms with Crippen molar-refractivity contribution < 1.29 is 4.79 Å². The molecule has 0 saturated carbocycles. The van der Waals surface area contributed by atoms with Gasteiger partial charge in [0.1, 0.15) is 0 Å². The fourth-order valence-electron chi connectivity index (χ4n) is 2.86. The van der Waals surface area contributed by atoms with E-state index in [-0.39, 0.29) is 11.9 Å². The van der Waals surface area contributed by atoms with E-state index in [1.165, 1.54) is 0 Å². The summed E-state index contributed by atoms with van der Waals surface area (Å²) in [6.45, 7) is 2.75. The van der Waals surface area contributed by atoms with Crippen molar-refractivity contribution in [3.63, 3.8) is 0 Å². The number of pyridine rings is 1. The molecular formula is C18H19Cl2N3O. The van der Waals surface area contributed by atoms with Gasteiger partial charge in [-0.3, -0.25) is 14.7 Å². The predicted octanol–water partition coefficient (Wildman–Crippen LogP) is 3.78. The van der Waals surface area contributed by atoms with Gasteiger partial charge in [0.05, 0.1) is 15.7 Å². The number of amides is 1. The molecule has 1 aromatic carbocycles. The van der Waals surface area contributed by atoms with E-state index >= 15 is 0 Å². The standard InChI is InChI=1S/C18H19Cl2N3O/c19-16-5-4-13(11-17(16)20)18(24)22-14-6-9-23(10-7-14)12-15-3-1-2-8-21-15/h1-5,8,11,14H,6-7,9-10,12H2,(H,22,24). The van der Waals surface area contributed by atoms with E-state index in [4.69, 9.17) is 23.2 Å². The number of carbonyl (C=O) groups is 1. The van der Waals surface area contributed by atoms with Gasteiger partial charge in [-0.1, -0.05) is 29.3 Å². The lowest BCUT2D eigenvalue weighted by atomic mass is 10.0. The number of likely N-dealkylation sites (tertiary alicyclic amines) is 1. The molecule has 0 unspecified atom stereocenters. The first kappa shape index (κ1) is 17.2. The smallest absolute Gasteiger partial charge is 0.251 e. The van der Waals surface area contributed by atoms with Crippen molar-refractivity contribution in [1.82, 2.24) is 15.2 Å². The van der Waals surface area contributed by atoms with Crippen molar-refractivity contribution in [1.29, 1.82) is 0 Å². The number of hydrogen-bond donors (Lipinski definition) is 1. The van der Waals surface area contributed by atoms with E-state index < -0.39 is 0 Å². The van der Waals surface area contributed by atoms with E-state index in [0.29, 0.717) is 15.6 Å². The molecule has 6 heteroatoms. The lowest BCUT2D eigenvalue weighted by Crippen LogP contribution is -2.44. The molecule has 2 aromatic rings. The molecule has 0 radical (unpaired) electrons. The number of aromatic nitrogens is 1. The van der Waals surface area contributed by atoms with Gasteiger partial charge in [0, 0.05) is 37.4 Å². The monoisotopic (exact) mass is 363 g/mol.